The van der Waals surface area contributed by atoms with E-state index in [1.54, 1.807) is 7.05 Å². The topological polar surface area (TPSA) is 80.2 Å². The van der Waals surface area contributed by atoms with Gasteiger partial charge in [-0.1, -0.05) is 6.07 Å². The van der Waals surface area contributed by atoms with Gasteiger partial charge in [-0.25, -0.2) is 0 Å². The summed E-state index contributed by atoms with van der Waals surface area (Å²) in [5.74, 6) is 2.36. The van der Waals surface area contributed by atoms with E-state index in [0.29, 0.717) is 29.4 Å². The third kappa shape index (κ3) is 2.02. The van der Waals surface area contributed by atoms with Gasteiger partial charge in [0.15, 0.2) is 23.0 Å². The lowest BCUT2D eigenvalue weighted by atomic mass is 9.70. The predicted octanol–water partition coefficient (Wildman–Crippen LogP) is 2.34. The summed E-state index contributed by atoms with van der Waals surface area (Å²) in [6, 6.07) is 7.27. The molecule has 3 aliphatic heterocycles. The highest BCUT2D eigenvalue weighted by Gasteiger charge is 2.50. The second-order valence-corrected chi connectivity index (χ2v) is 7.85. The molecule has 0 aromatic heterocycles. The van der Waals surface area contributed by atoms with E-state index in [9.17, 15) is 10.3 Å². The highest BCUT2D eigenvalue weighted by molar-refractivity contribution is 5.57. The molecule has 0 bridgehead atoms. The van der Waals surface area contributed by atoms with Gasteiger partial charge in [0.05, 0.1) is 24.6 Å². The lowest BCUT2D eigenvalue weighted by Crippen LogP contribution is -2.52. The molecule has 7 heteroatoms. The smallest absolute Gasteiger partial charge is 0.231 e. The Bertz CT molecular complexity index is 971. The maximum atomic E-state index is 13.7. The third-order valence-electron chi connectivity index (χ3n) is 6.23. The number of nitrogens with zero attached hydrogens (tertiary/aromatic N) is 1. The van der Waals surface area contributed by atoms with Crippen LogP contribution >= 0.6 is 0 Å². The van der Waals surface area contributed by atoms with Crippen LogP contribution < -0.4 is 18.9 Å². The average molecular weight is 369 g/mol. The summed E-state index contributed by atoms with van der Waals surface area (Å²) < 4.78 is 21.6. The predicted molar refractivity (Wildman–Crippen MR) is 93.6 cm³/mol. The molecule has 4 atom stereocenters. The van der Waals surface area contributed by atoms with Crippen LogP contribution in [0.3, 0.4) is 0 Å². The summed E-state index contributed by atoms with van der Waals surface area (Å²) in [4.78, 5) is 0. The zero-order valence-electron chi connectivity index (χ0n) is 14.8. The fourth-order valence-corrected chi connectivity index (χ4v) is 5.15. The summed E-state index contributed by atoms with van der Waals surface area (Å²) in [7, 11) is 1.67. The van der Waals surface area contributed by atoms with Crippen LogP contribution in [-0.2, 0) is 13.0 Å². The molecule has 0 saturated carbocycles. The maximum absolute atomic E-state index is 13.7. The van der Waals surface area contributed by atoms with Gasteiger partial charge in [0.2, 0.25) is 13.6 Å². The van der Waals surface area contributed by atoms with E-state index in [1.807, 2.05) is 24.3 Å². The van der Waals surface area contributed by atoms with Gasteiger partial charge < -0.3 is 33.9 Å². The molecule has 0 saturated heterocycles. The van der Waals surface area contributed by atoms with Crippen molar-refractivity contribution in [1.82, 2.24) is 0 Å². The SMILES string of the molecule is C[N@+]1([O-])Cc2c(ccc3c2OCO3)[C@@H]2[C@H]1c1cc3c(cc1C[C@@H]2O)OCO3. The lowest BCUT2D eigenvalue weighted by Gasteiger charge is -2.55. The second-order valence-electron chi connectivity index (χ2n) is 7.85. The average Bonchev–Trinajstić information content (AvgIpc) is 3.27. The van der Waals surface area contributed by atoms with Crippen LogP contribution in [0.5, 0.6) is 23.0 Å². The maximum Gasteiger partial charge on any atom is 0.231 e. The van der Waals surface area contributed by atoms with Gasteiger partial charge in [0.25, 0.3) is 0 Å². The van der Waals surface area contributed by atoms with Gasteiger partial charge in [-0.15, -0.1) is 0 Å². The first-order valence-electron chi connectivity index (χ1n) is 9.11. The molecule has 0 spiro atoms. The first-order chi connectivity index (χ1) is 13.0. The lowest BCUT2D eigenvalue weighted by molar-refractivity contribution is -0.911. The van der Waals surface area contributed by atoms with Gasteiger partial charge >= 0.3 is 0 Å². The number of quaternary nitrogens is 1. The van der Waals surface area contributed by atoms with Gasteiger partial charge in [0.1, 0.15) is 12.6 Å². The number of rotatable bonds is 0. The molecule has 0 unspecified atom stereocenters. The second kappa shape index (κ2) is 5.07. The van der Waals surface area contributed by atoms with Crippen molar-refractivity contribution in [3.63, 3.8) is 0 Å². The fraction of sp³-hybridized carbons (Fsp3) is 0.400. The van der Waals surface area contributed by atoms with Gasteiger partial charge in [-0.2, -0.15) is 0 Å². The molecule has 2 aromatic rings. The molecule has 0 amide bonds. The van der Waals surface area contributed by atoms with Crippen LogP contribution in [0.4, 0.5) is 0 Å². The molecule has 2 aromatic carbocycles. The van der Waals surface area contributed by atoms with Crippen molar-refractivity contribution >= 4 is 0 Å². The highest BCUT2D eigenvalue weighted by Crippen LogP contribution is 2.56. The first kappa shape index (κ1) is 15.6. The minimum absolute atomic E-state index is 0.164. The number of hydrogen-bond donors (Lipinski definition) is 1. The third-order valence-corrected chi connectivity index (χ3v) is 6.23. The molecule has 140 valence electrons. The Labute approximate surface area is 155 Å². The monoisotopic (exact) mass is 369 g/mol. The number of fused-ring (bicyclic) bond motifs is 8. The molecule has 3 heterocycles. The Morgan fingerprint density at radius 3 is 2.59 bits per heavy atom. The number of aliphatic hydroxyl groups excluding tert-OH is 1. The van der Waals surface area contributed by atoms with E-state index in [2.05, 4.69) is 0 Å². The molecule has 6 rings (SSSR count). The largest absolute Gasteiger partial charge is 0.632 e. The van der Waals surface area contributed by atoms with Crippen molar-refractivity contribution in [2.45, 2.75) is 31.0 Å². The summed E-state index contributed by atoms with van der Waals surface area (Å²) in [5, 5.41) is 24.8. The van der Waals surface area contributed by atoms with Crippen LogP contribution in [0.15, 0.2) is 24.3 Å². The van der Waals surface area contributed by atoms with E-state index in [-0.39, 0.29) is 26.0 Å². The Morgan fingerprint density at radius 2 is 1.74 bits per heavy atom. The standard InChI is InChI=1S/C20H19NO6/c1-21(23)7-13-11(2-3-15-20(13)27-9-24-15)18-14(22)4-10-5-16-17(26-8-25-16)6-12(10)19(18)21/h2-3,5-6,14,18-19,22H,4,7-9H2,1H3/t14-,18-,19+,21-/m0/s1. The summed E-state index contributed by atoms with van der Waals surface area (Å²) >= 11 is 0. The van der Waals surface area contributed by atoms with Crippen LogP contribution in [0, 0.1) is 5.21 Å². The van der Waals surface area contributed by atoms with Crippen molar-refractivity contribution < 1.29 is 28.7 Å². The number of likely N-dealkylation sites (N-methyl/N-ethyl adjacent to an activating group) is 1. The zero-order valence-corrected chi connectivity index (χ0v) is 14.8. The minimum atomic E-state index is -0.659. The molecule has 0 fully saturated rings. The van der Waals surface area contributed by atoms with Crippen LogP contribution in [0.2, 0.25) is 0 Å². The minimum Gasteiger partial charge on any atom is -0.632 e. The number of hydrogen-bond acceptors (Lipinski definition) is 6. The van der Waals surface area contributed by atoms with Gasteiger partial charge in [-0.3, -0.25) is 0 Å². The van der Waals surface area contributed by atoms with Crippen LogP contribution in [-0.4, -0.2) is 36.5 Å². The molecular weight excluding hydrogens is 350 g/mol. The van der Waals surface area contributed by atoms with Crippen molar-refractivity contribution in [1.29, 1.82) is 0 Å². The van der Waals surface area contributed by atoms with E-state index in [0.717, 1.165) is 22.3 Å². The molecule has 4 aliphatic rings. The normalized spacial score (nSPS) is 31.9. The summed E-state index contributed by atoms with van der Waals surface area (Å²) in [6.45, 7) is 0.617. The molecule has 1 aliphatic carbocycles. The number of ether oxygens (including phenoxy) is 4. The highest BCUT2D eigenvalue weighted by atomic mass is 16.7. The number of hydroxylamine groups is 3. The van der Waals surface area contributed by atoms with Crippen LogP contribution in [0.25, 0.3) is 0 Å². The van der Waals surface area contributed by atoms with Crippen molar-refractivity contribution in [3.05, 3.63) is 51.7 Å². The molecule has 27 heavy (non-hydrogen) atoms. The quantitative estimate of drug-likeness (QED) is 0.567. The van der Waals surface area contributed by atoms with Crippen molar-refractivity contribution in [3.8, 4) is 23.0 Å². The van der Waals surface area contributed by atoms with E-state index in [4.69, 9.17) is 18.9 Å². The van der Waals surface area contributed by atoms with E-state index < -0.39 is 16.8 Å². The Morgan fingerprint density at radius 1 is 1.00 bits per heavy atom. The number of aliphatic hydroxyl groups is 1. The van der Waals surface area contributed by atoms with E-state index >= 15 is 0 Å². The molecule has 7 nitrogen and oxygen atoms in total. The summed E-state index contributed by atoms with van der Waals surface area (Å²) in [6.07, 6.45) is -0.185. The van der Waals surface area contributed by atoms with Crippen molar-refractivity contribution in [2.24, 2.45) is 0 Å². The number of benzene rings is 2. The van der Waals surface area contributed by atoms with E-state index in [1.165, 1.54) is 0 Å². The fourth-order valence-electron chi connectivity index (χ4n) is 5.15. The molecule has 0 radical (unpaired) electrons. The summed E-state index contributed by atoms with van der Waals surface area (Å²) in [5.41, 5.74) is 3.73. The Hall–Kier alpha value is -2.48. The van der Waals surface area contributed by atoms with Crippen LogP contribution in [0.1, 0.15) is 34.2 Å². The zero-order chi connectivity index (χ0) is 18.3. The van der Waals surface area contributed by atoms with Gasteiger partial charge in [-0.05, 0) is 35.7 Å². The van der Waals surface area contributed by atoms with Crippen molar-refractivity contribution in [2.75, 3.05) is 20.6 Å². The molecular formula is C20H19NO6. The molecule has 1 N–H and O–H groups in total. The van der Waals surface area contributed by atoms with Gasteiger partial charge in [0, 0.05) is 5.56 Å². The Kier molecular flexibility index (Phi) is 2.92. The first-order valence-corrected chi connectivity index (χ1v) is 9.11. The Balaban J connectivity index is 1.57.